The van der Waals surface area contributed by atoms with E-state index in [0.717, 1.165) is 18.4 Å². The molecule has 1 fully saturated rings. The third-order valence-electron chi connectivity index (χ3n) is 4.65. The van der Waals surface area contributed by atoms with Crippen molar-refractivity contribution in [1.29, 1.82) is 0 Å². The van der Waals surface area contributed by atoms with E-state index in [2.05, 4.69) is 27.5 Å². The molecule has 3 rings (SSSR count). The maximum Gasteiger partial charge on any atom is 0.315 e. The lowest BCUT2D eigenvalue weighted by atomic mass is 9.80. The number of thiophene rings is 1. The van der Waals surface area contributed by atoms with Crippen molar-refractivity contribution in [2.75, 3.05) is 6.54 Å². The molecule has 122 valence electrons. The zero-order valence-electron chi connectivity index (χ0n) is 13.0. The monoisotopic (exact) mass is 348 g/mol. The van der Waals surface area contributed by atoms with E-state index < -0.39 is 0 Å². The lowest BCUT2D eigenvalue weighted by Gasteiger charge is -2.28. The SMILES string of the molecule is O=C(NCc1ccc(Cl)cc1)NCC1(c2ccsc2)CCCC1. The van der Waals surface area contributed by atoms with Crippen LogP contribution in [0, 0.1) is 0 Å². The maximum atomic E-state index is 12.1. The van der Waals surface area contributed by atoms with Crippen molar-refractivity contribution in [1.82, 2.24) is 10.6 Å². The van der Waals surface area contributed by atoms with Gasteiger partial charge in [0.05, 0.1) is 0 Å². The number of urea groups is 1. The lowest BCUT2D eigenvalue weighted by molar-refractivity contribution is 0.236. The van der Waals surface area contributed by atoms with Gasteiger partial charge in [0.2, 0.25) is 0 Å². The van der Waals surface area contributed by atoms with Gasteiger partial charge in [0.25, 0.3) is 0 Å². The average molecular weight is 349 g/mol. The van der Waals surface area contributed by atoms with E-state index in [1.807, 2.05) is 24.3 Å². The third kappa shape index (κ3) is 4.06. The summed E-state index contributed by atoms with van der Waals surface area (Å²) in [5.74, 6) is 0. The normalized spacial score (nSPS) is 16.2. The molecule has 1 saturated carbocycles. The van der Waals surface area contributed by atoms with E-state index >= 15 is 0 Å². The van der Waals surface area contributed by atoms with Gasteiger partial charge in [0.15, 0.2) is 0 Å². The second-order valence-corrected chi connectivity index (χ2v) is 7.38. The van der Waals surface area contributed by atoms with E-state index in [4.69, 9.17) is 11.6 Å². The van der Waals surface area contributed by atoms with Crippen molar-refractivity contribution < 1.29 is 4.79 Å². The quantitative estimate of drug-likeness (QED) is 0.807. The zero-order valence-corrected chi connectivity index (χ0v) is 14.6. The smallest absolute Gasteiger partial charge is 0.315 e. The van der Waals surface area contributed by atoms with E-state index in [1.165, 1.54) is 18.4 Å². The molecule has 0 radical (unpaired) electrons. The molecule has 1 heterocycles. The average Bonchev–Trinajstić information content (AvgIpc) is 3.24. The largest absolute Gasteiger partial charge is 0.337 e. The van der Waals surface area contributed by atoms with E-state index in [0.29, 0.717) is 18.1 Å². The Morgan fingerprint density at radius 3 is 2.52 bits per heavy atom. The Hall–Kier alpha value is -1.52. The van der Waals surface area contributed by atoms with Crippen LogP contribution in [0.3, 0.4) is 0 Å². The zero-order chi connectivity index (χ0) is 16.1. The van der Waals surface area contributed by atoms with Crippen LogP contribution in [-0.4, -0.2) is 12.6 Å². The Morgan fingerprint density at radius 2 is 1.87 bits per heavy atom. The van der Waals surface area contributed by atoms with Gasteiger partial charge >= 0.3 is 6.03 Å². The first-order valence-electron chi connectivity index (χ1n) is 7.97. The van der Waals surface area contributed by atoms with Gasteiger partial charge in [0.1, 0.15) is 0 Å². The summed E-state index contributed by atoms with van der Waals surface area (Å²) < 4.78 is 0. The first-order valence-corrected chi connectivity index (χ1v) is 9.29. The molecule has 1 aromatic carbocycles. The molecule has 0 aliphatic heterocycles. The number of amides is 2. The van der Waals surface area contributed by atoms with Gasteiger partial charge in [0, 0.05) is 23.5 Å². The molecule has 0 spiro atoms. The van der Waals surface area contributed by atoms with Crippen molar-refractivity contribution in [2.24, 2.45) is 0 Å². The first kappa shape index (κ1) is 16.3. The summed E-state index contributed by atoms with van der Waals surface area (Å²) >= 11 is 7.59. The lowest BCUT2D eigenvalue weighted by Crippen LogP contribution is -2.43. The molecular formula is C18H21ClN2OS. The molecule has 0 saturated heterocycles. The molecule has 3 nitrogen and oxygen atoms in total. The summed E-state index contributed by atoms with van der Waals surface area (Å²) in [6.45, 7) is 1.21. The van der Waals surface area contributed by atoms with Gasteiger partial charge < -0.3 is 10.6 Å². The van der Waals surface area contributed by atoms with E-state index in [1.54, 1.807) is 11.3 Å². The summed E-state index contributed by atoms with van der Waals surface area (Å²) in [6.07, 6.45) is 4.79. The predicted molar refractivity (Wildman–Crippen MR) is 96.2 cm³/mol. The van der Waals surface area contributed by atoms with Gasteiger partial charge in [-0.2, -0.15) is 11.3 Å². The predicted octanol–water partition coefficient (Wildman–Crippen LogP) is 4.71. The second kappa shape index (κ2) is 7.37. The topological polar surface area (TPSA) is 41.1 Å². The number of benzene rings is 1. The van der Waals surface area contributed by atoms with Crippen LogP contribution in [0.1, 0.15) is 36.8 Å². The molecule has 1 aliphatic rings. The number of rotatable bonds is 5. The van der Waals surface area contributed by atoms with Crippen LogP contribution in [0.4, 0.5) is 4.79 Å². The molecule has 0 bridgehead atoms. The summed E-state index contributed by atoms with van der Waals surface area (Å²) in [5.41, 5.74) is 2.54. The summed E-state index contributed by atoms with van der Waals surface area (Å²) in [6, 6.07) is 9.60. The Balaban J connectivity index is 1.52. The molecule has 1 aliphatic carbocycles. The van der Waals surface area contributed by atoms with Gasteiger partial charge in [-0.1, -0.05) is 36.6 Å². The van der Waals surface area contributed by atoms with Crippen molar-refractivity contribution in [3.63, 3.8) is 0 Å². The van der Waals surface area contributed by atoms with Crippen molar-refractivity contribution >= 4 is 29.0 Å². The highest BCUT2D eigenvalue weighted by molar-refractivity contribution is 7.08. The van der Waals surface area contributed by atoms with Gasteiger partial charge in [-0.05, 0) is 52.9 Å². The van der Waals surface area contributed by atoms with Gasteiger partial charge in [-0.25, -0.2) is 4.79 Å². The second-order valence-electron chi connectivity index (χ2n) is 6.16. The Kier molecular flexibility index (Phi) is 5.23. The number of nitrogens with one attached hydrogen (secondary N) is 2. The number of hydrogen-bond donors (Lipinski definition) is 2. The Labute approximate surface area is 146 Å². The highest BCUT2D eigenvalue weighted by atomic mass is 35.5. The van der Waals surface area contributed by atoms with Crippen LogP contribution in [-0.2, 0) is 12.0 Å². The van der Waals surface area contributed by atoms with E-state index in [-0.39, 0.29) is 11.4 Å². The molecule has 1 aromatic heterocycles. The van der Waals surface area contributed by atoms with Gasteiger partial charge in [-0.15, -0.1) is 0 Å². The van der Waals surface area contributed by atoms with Crippen LogP contribution in [0.5, 0.6) is 0 Å². The fourth-order valence-electron chi connectivity index (χ4n) is 3.28. The maximum absolute atomic E-state index is 12.1. The van der Waals surface area contributed by atoms with Crippen LogP contribution in [0.15, 0.2) is 41.1 Å². The van der Waals surface area contributed by atoms with Crippen molar-refractivity contribution in [3.8, 4) is 0 Å². The molecule has 5 heteroatoms. The highest BCUT2D eigenvalue weighted by Gasteiger charge is 2.36. The van der Waals surface area contributed by atoms with Crippen LogP contribution < -0.4 is 10.6 Å². The molecule has 2 N–H and O–H groups in total. The Morgan fingerprint density at radius 1 is 1.13 bits per heavy atom. The minimum atomic E-state index is -0.110. The number of carbonyl (C=O) groups excluding carboxylic acids is 1. The highest BCUT2D eigenvalue weighted by Crippen LogP contribution is 2.41. The van der Waals surface area contributed by atoms with Gasteiger partial charge in [-0.3, -0.25) is 0 Å². The minimum Gasteiger partial charge on any atom is -0.337 e. The van der Waals surface area contributed by atoms with Crippen LogP contribution in [0.25, 0.3) is 0 Å². The summed E-state index contributed by atoms with van der Waals surface area (Å²) in [7, 11) is 0. The fraction of sp³-hybridized carbons (Fsp3) is 0.389. The molecule has 0 unspecified atom stereocenters. The van der Waals surface area contributed by atoms with Crippen molar-refractivity contribution in [3.05, 3.63) is 57.2 Å². The van der Waals surface area contributed by atoms with E-state index in [9.17, 15) is 4.79 Å². The molecular weight excluding hydrogens is 328 g/mol. The number of carbonyl (C=O) groups is 1. The van der Waals surface area contributed by atoms with Crippen molar-refractivity contribution in [2.45, 2.75) is 37.6 Å². The first-order chi connectivity index (χ1) is 11.2. The molecule has 0 atom stereocenters. The van der Waals surface area contributed by atoms with Crippen LogP contribution in [0.2, 0.25) is 5.02 Å². The fourth-order valence-corrected chi connectivity index (χ4v) is 4.19. The van der Waals surface area contributed by atoms with Crippen LogP contribution >= 0.6 is 22.9 Å². The summed E-state index contributed by atoms with van der Waals surface area (Å²) in [5, 5.41) is 11.0. The number of halogens is 1. The minimum absolute atomic E-state index is 0.110. The molecule has 23 heavy (non-hydrogen) atoms. The number of hydrogen-bond acceptors (Lipinski definition) is 2. The molecule has 2 amide bonds. The standard InChI is InChI=1S/C18H21ClN2OS/c19-16-5-3-14(4-6-16)11-20-17(22)21-13-18(8-1-2-9-18)15-7-10-23-12-15/h3-7,10,12H,1-2,8-9,11,13H2,(H2,20,21,22). The third-order valence-corrected chi connectivity index (χ3v) is 5.58. The Bertz CT molecular complexity index is 634. The molecule has 2 aromatic rings. The summed E-state index contributed by atoms with van der Waals surface area (Å²) in [4.78, 5) is 12.1.